The molecule has 0 spiro atoms. The van der Waals surface area contributed by atoms with Crippen LogP contribution in [0.3, 0.4) is 0 Å². The molecule has 0 aromatic rings. The highest BCUT2D eigenvalue weighted by Crippen LogP contribution is 2.72. The van der Waals surface area contributed by atoms with E-state index in [1.807, 2.05) is 5.57 Å². The lowest BCUT2D eigenvalue weighted by molar-refractivity contribution is -0.130. The minimum absolute atomic E-state index is 0.637. The smallest absolute Gasteiger partial charge is 0.0232 e. The van der Waals surface area contributed by atoms with E-state index in [9.17, 15) is 0 Å². The number of rotatable bonds is 1. The third-order valence-corrected chi connectivity index (χ3v) is 9.03. The summed E-state index contributed by atoms with van der Waals surface area (Å²) in [4.78, 5) is 0. The molecule has 4 saturated carbocycles. The minimum atomic E-state index is 0.637. The first-order valence-corrected chi connectivity index (χ1v) is 10.3. The molecule has 6 bridgehead atoms. The zero-order valence-corrected chi connectivity index (χ0v) is 14.6. The average Bonchev–Trinajstić information content (AvgIpc) is 2.33. The molecule has 4 atom stereocenters. The van der Waals surface area contributed by atoms with Crippen LogP contribution in [-0.4, -0.2) is 10.5 Å². The van der Waals surface area contributed by atoms with Gasteiger partial charge in [-0.25, -0.2) is 0 Å². The minimum Gasteiger partial charge on any atom is -0.151 e. The Kier molecular flexibility index (Phi) is 2.66. The van der Waals surface area contributed by atoms with Crippen molar-refractivity contribution >= 4 is 11.8 Å². The topological polar surface area (TPSA) is 0 Å². The van der Waals surface area contributed by atoms with Gasteiger partial charge in [-0.05, 0) is 80.0 Å². The van der Waals surface area contributed by atoms with Gasteiger partial charge >= 0.3 is 0 Å². The first-order chi connectivity index (χ1) is 9.96. The van der Waals surface area contributed by atoms with Gasteiger partial charge in [-0.2, -0.15) is 11.8 Å². The number of allylic oxidation sites excluding steroid dienone is 1. The van der Waals surface area contributed by atoms with Crippen molar-refractivity contribution in [2.75, 3.05) is 0 Å². The second-order valence-corrected chi connectivity index (χ2v) is 11.6. The molecule has 0 aromatic heterocycles. The molecule has 0 radical (unpaired) electrons. The van der Waals surface area contributed by atoms with E-state index in [0.717, 1.165) is 16.4 Å². The molecule has 6 aliphatic rings. The molecule has 0 nitrogen and oxygen atoms in total. The number of hydrogen-bond donors (Lipinski definition) is 0. The summed E-state index contributed by atoms with van der Waals surface area (Å²) < 4.78 is 0. The molecular formula is C20H30S. The molecule has 4 aliphatic carbocycles. The van der Waals surface area contributed by atoms with Gasteiger partial charge in [0.05, 0.1) is 0 Å². The van der Waals surface area contributed by atoms with Crippen LogP contribution in [-0.2, 0) is 0 Å². The maximum atomic E-state index is 2.78. The molecule has 21 heavy (non-hydrogen) atoms. The molecule has 0 aromatic carbocycles. The second kappa shape index (κ2) is 4.13. The molecule has 0 amide bonds. The number of hydrogen-bond acceptors (Lipinski definition) is 1. The summed E-state index contributed by atoms with van der Waals surface area (Å²) in [6.45, 7) is 5.26. The summed E-state index contributed by atoms with van der Waals surface area (Å²) in [5.74, 6) is 1.05. The molecule has 6 rings (SSSR count). The van der Waals surface area contributed by atoms with Gasteiger partial charge in [-0.3, -0.25) is 0 Å². The summed E-state index contributed by atoms with van der Waals surface area (Å²) in [7, 11) is 0. The molecule has 116 valence electrons. The van der Waals surface area contributed by atoms with E-state index in [4.69, 9.17) is 0 Å². The average molecular weight is 303 g/mol. The standard InChI is InChI=1S/C20H30S/c1-18-8-14-9-19(2,11-18)13-20(10-14,12-18)15-6-16-4-3-5-17(7-15)21-16/h6,14,16-17H,3-5,7-13H2,1-2H3. The van der Waals surface area contributed by atoms with E-state index in [1.54, 1.807) is 19.3 Å². The van der Waals surface area contributed by atoms with Crippen LogP contribution in [0.15, 0.2) is 11.6 Å². The van der Waals surface area contributed by atoms with Crippen LogP contribution in [0.25, 0.3) is 0 Å². The predicted molar refractivity (Wildman–Crippen MR) is 91.6 cm³/mol. The highest BCUT2D eigenvalue weighted by Gasteiger charge is 2.61. The summed E-state index contributed by atoms with van der Waals surface area (Å²) in [5.41, 5.74) is 3.93. The van der Waals surface area contributed by atoms with Crippen LogP contribution in [0.5, 0.6) is 0 Å². The zero-order chi connectivity index (χ0) is 14.3. The van der Waals surface area contributed by atoms with Gasteiger partial charge in [0.25, 0.3) is 0 Å². The fourth-order valence-electron chi connectivity index (χ4n) is 7.94. The summed E-state index contributed by atoms with van der Waals surface area (Å²) >= 11 is 2.30. The quantitative estimate of drug-likeness (QED) is 0.538. The van der Waals surface area contributed by atoms with E-state index < -0.39 is 0 Å². The van der Waals surface area contributed by atoms with Crippen LogP contribution in [0.4, 0.5) is 0 Å². The largest absolute Gasteiger partial charge is 0.151 e. The van der Waals surface area contributed by atoms with Gasteiger partial charge in [0.1, 0.15) is 0 Å². The molecule has 4 unspecified atom stereocenters. The van der Waals surface area contributed by atoms with Crippen molar-refractivity contribution in [1.29, 1.82) is 0 Å². The molecule has 1 heteroatoms. The van der Waals surface area contributed by atoms with Crippen molar-refractivity contribution in [2.45, 2.75) is 88.6 Å². The fraction of sp³-hybridized carbons (Fsp3) is 0.900. The van der Waals surface area contributed by atoms with E-state index >= 15 is 0 Å². The Morgan fingerprint density at radius 2 is 1.76 bits per heavy atom. The van der Waals surface area contributed by atoms with Gasteiger partial charge in [0, 0.05) is 10.5 Å². The lowest BCUT2D eigenvalue weighted by Gasteiger charge is -2.66. The van der Waals surface area contributed by atoms with Crippen LogP contribution in [0, 0.1) is 22.2 Å². The van der Waals surface area contributed by atoms with Crippen molar-refractivity contribution in [3.8, 4) is 0 Å². The normalized spacial score (nSPS) is 58.2. The third-order valence-electron chi connectivity index (χ3n) is 7.52. The van der Waals surface area contributed by atoms with E-state index in [2.05, 4.69) is 31.7 Å². The number of fused-ring (bicyclic) bond motifs is 2. The maximum Gasteiger partial charge on any atom is 0.0232 e. The Balaban J connectivity index is 1.55. The Morgan fingerprint density at radius 3 is 2.43 bits per heavy atom. The molecule has 2 aliphatic heterocycles. The Morgan fingerprint density at radius 1 is 1.00 bits per heavy atom. The van der Waals surface area contributed by atoms with Gasteiger partial charge in [0.15, 0.2) is 0 Å². The maximum absolute atomic E-state index is 2.78. The fourth-order valence-corrected chi connectivity index (χ4v) is 9.56. The van der Waals surface area contributed by atoms with Crippen LogP contribution < -0.4 is 0 Å². The van der Waals surface area contributed by atoms with E-state index in [-0.39, 0.29) is 0 Å². The molecule has 1 saturated heterocycles. The first kappa shape index (κ1) is 13.5. The van der Waals surface area contributed by atoms with Crippen molar-refractivity contribution in [2.24, 2.45) is 22.2 Å². The van der Waals surface area contributed by atoms with Crippen LogP contribution in [0.1, 0.15) is 78.1 Å². The summed E-state index contributed by atoms with van der Waals surface area (Å²) in [6, 6.07) is 0. The third kappa shape index (κ3) is 2.02. The lowest BCUT2D eigenvalue weighted by Crippen LogP contribution is -2.56. The molecule has 0 N–H and O–H groups in total. The predicted octanol–water partition coefficient (Wildman–Crippen LogP) is 5.97. The zero-order valence-electron chi connectivity index (χ0n) is 13.8. The Bertz CT molecular complexity index is 486. The van der Waals surface area contributed by atoms with Crippen molar-refractivity contribution in [3.63, 3.8) is 0 Å². The second-order valence-electron chi connectivity index (χ2n) is 10.0. The van der Waals surface area contributed by atoms with Gasteiger partial charge < -0.3 is 0 Å². The van der Waals surface area contributed by atoms with Gasteiger partial charge in [0.2, 0.25) is 0 Å². The molecular weight excluding hydrogens is 272 g/mol. The summed E-state index contributed by atoms with van der Waals surface area (Å²) in [5, 5.41) is 1.85. The van der Waals surface area contributed by atoms with E-state index in [0.29, 0.717) is 16.2 Å². The SMILES string of the molecule is CC12CC3CC(C)(C1)CC(C1=CC4CCCC(C1)S4)(C3)C2. The summed E-state index contributed by atoms with van der Waals surface area (Å²) in [6.07, 6.45) is 17.9. The highest BCUT2D eigenvalue weighted by atomic mass is 32.2. The Hall–Kier alpha value is 0.0900. The molecule has 2 heterocycles. The monoisotopic (exact) mass is 302 g/mol. The molecule has 5 fully saturated rings. The van der Waals surface area contributed by atoms with E-state index in [1.165, 1.54) is 44.9 Å². The Labute approximate surface area is 134 Å². The lowest BCUT2D eigenvalue weighted by atomic mass is 9.39. The van der Waals surface area contributed by atoms with Crippen molar-refractivity contribution < 1.29 is 0 Å². The van der Waals surface area contributed by atoms with Crippen molar-refractivity contribution in [3.05, 3.63) is 11.6 Å². The van der Waals surface area contributed by atoms with Crippen molar-refractivity contribution in [1.82, 2.24) is 0 Å². The number of thioether (sulfide) groups is 1. The van der Waals surface area contributed by atoms with Gasteiger partial charge in [-0.15, -0.1) is 0 Å². The first-order valence-electron chi connectivity index (χ1n) is 9.33. The van der Waals surface area contributed by atoms with Crippen LogP contribution >= 0.6 is 11.8 Å². The van der Waals surface area contributed by atoms with Crippen LogP contribution in [0.2, 0.25) is 0 Å². The van der Waals surface area contributed by atoms with Gasteiger partial charge in [-0.1, -0.05) is 31.9 Å². The highest BCUT2D eigenvalue weighted by molar-refractivity contribution is 8.00.